The fourth-order valence-corrected chi connectivity index (χ4v) is 3.59. The van der Waals surface area contributed by atoms with E-state index in [1.165, 1.54) is 17.7 Å². The van der Waals surface area contributed by atoms with Crippen LogP contribution in [0.15, 0.2) is 36.8 Å². The molecule has 1 aliphatic heterocycles. The summed E-state index contributed by atoms with van der Waals surface area (Å²) in [4.78, 5) is 9.16. The van der Waals surface area contributed by atoms with Gasteiger partial charge in [-0.05, 0) is 50.7 Å². The molecule has 3 rings (SSSR count). The number of nitrogens with zero attached hydrogens (tertiary/aromatic N) is 5. The van der Waals surface area contributed by atoms with Crippen molar-refractivity contribution >= 4 is 0 Å². The van der Waals surface area contributed by atoms with E-state index < -0.39 is 0 Å². The molecule has 2 aromatic heterocycles. The molecule has 0 saturated carbocycles. The monoisotopic (exact) mass is 299 g/mol. The lowest BCUT2D eigenvalue weighted by molar-refractivity contribution is 0.211. The molecule has 0 radical (unpaired) electrons. The Kier molecular flexibility index (Phi) is 4.55. The largest absolute Gasteiger partial charge is 0.300 e. The van der Waals surface area contributed by atoms with Crippen LogP contribution in [0.4, 0.5) is 0 Å². The Labute approximate surface area is 132 Å². The molecule has 0 N–H and O–H groups in total. The third kappa shape index (κ3) is 3.20. The Morgan fingerprint density at radius 3 is 2.82 bits per heavy atom. The van der Waals surface area contributed by atoms with E-state index in [2.05, 4.69) is 46.1 Å². The van der Waals surface area contributed by atoms with Crippen molar-refractivity contribution in [2.75, 3.05) is 27.2 Å². The summed E-state index contributed by atoms with van der Waals surface area (Å²) in [6.07, 6.45) is 6.97. The molecule has 0 aliphatic carbocycles. The summed E-state index contributed by atoms with van der Waals surface area (Å²) in [5, 5.41) is 4.25. The molecule has 0 spiro atoms. The first kappa shape index (κ1) is 15.2. The fourth-order valence-electron chi connectivity index (χ4n) is 3.59. The van der Waals surface area contributed by atoms with Crippen molar-refractivity contribution in [1.82, 2.24) is 24.6 Å². The van der Waals surface area contributed by atoms with Gasteiger partial charge >= 0.3 is 0 Å². The quantitative estimate of drug-likeness (QED) is 0.845. The van der Waals surface area contributed by atoms with Gasteiger partial charge in [0.2, 0.25) is 0 Å². The van der Waals surface area contributed by atoms with Crippen molar-refractivity contribution in [3.8, 4) is 0 Å². The molecule has 1 saturated heterocycles. The van der Waals surface area contributed by atoms with Gasteiger partial charge in [0.05, 0.1) is 5.69 Å². The molecule has 2 aromatic rings. The molecule has 22 heavy (non-hydrogen) atoms. The van der Waals surface area contributed by atoms with E-state index in [0.29, 0.717) is 12.0 Å². The smallest absolute Gasteiger partial charge is 0.0520 e. The van der Waals surface area contributed by atoms with Gasteiger partial charge < -0.3 is 4.90 Å². The van der Waals surface area contributed by atoms with Crippen LogP contribution < -0.4 is 0 Å². The summed E-state index contributed by atoms with van der Waals surface area (Å²) in [6.45, 7) is 3.19. The highest BCUT2D eigenvalue weighted by atomic mass is 15.3. The van der Waals surface area contributed by atoms with Crippen molar-refractivity contribution in [2.24, 2.45) is 13.0 Å². The molecule has 0 amide bonds. The van der Waals surface area contributed by atoms with Gasteiger partial charge in [0, 0.05) is 44.8 Å². The number of aromatic nitrogens is 3. The molecule has 118 valence electrons. The minimum atomic E-state index is 0.475. The molecule has 2 atom stereocenters. The van der Waals surface area contributed by atoms with Gasteiger partial charge in [-0.3, -0.25) is 14.6 Å². The summed E-state index contributed by atoms with van der Waals surface area (Å²) in [6, 6.07) is 6.81. The zero-order valence-corrected chi connectivity index (χ0v) is 13.7. The lowest BCUT2D eigenvalue weighted by Crippen LogP contribution is -2.30. The Balaban J connectivity index is 1.67. The maximum absolute atomic E-state index is 4.30. The molecule has 1 aliphatic rings. The van der Waals surface area contributed by atoms with Crippen molar-refractivity contribution in [3.63, 3.8) is 0 Å². The Morgan fingerprint density at radius 1 is 1.27 bits per heavy atom. The minimum absolute atomic E-state index is 0.475. The van der Waals surface area contributed by atoms with Crippen molar-refractivity contribution in [2.45, 2.75) is 19.0 Å². The standard InChI is InChI=1S/C17H25N5/c1-20(13-16-6-9-19-22(16)3)12-15-7-10-21(2)17(15)14-5-4-8-18-11-14/h4-6,8-9,11,15,17H,7,10,12-13H2,1-3H3/t15-,17-/m0/s1. The average molecular weight is 299 g/mol. The molecule has 5 heteroatoms. The van der Waals surface area contributed by atoms with E-state index in [4.69, 9.17) is 0 Å². The van der Waals surface area contributed by atoms with Gasteiger partial charge in [0.15, 0.2) is 0 Å². The van der Waals surface area contributed by atoms with E-state index >= 15 is 0 Å². The van der Waals surface area contributed by atoms with Crippen LogP contribution in [0.2, 0.25) is 0 Å². The van der Waals surface area contributed by atoms with Gasteiger partial charge in [0.1, 0.15) is 0 Å². The van der Waals surface area contributed by atoms with E-state index in [-0.39, 0.29) is 0 Å². The first-order chi connectivity index (χ1) is 10.6. The van der Waals surface area contributed by atoms with Gasteiger partial charge in [-0.25, -0.2) is 0 Å². The molecule has 3 heterocycles. The third-order valence-corrected chi connectivity index (χ3v) is 4.70. The van der Waals surface area contributed by atoms with Gasteiger partial charge in [-0.2, -0.15) is 5.10 Å². The van der Waals surface area contributed by atoms with Gasteiger partial charge in [0.25, 0.3) is 0 Å². The SMILES string of the molecule is CN(Cc1ccnn1C)C[C@@H]1CCN(C)[C@H]1c1cccnc1. The number of hydrogen-bond acceptors (Lipinski definition) is 4. The zero-order chi connectivity index (χ0) is 15.5. The highest BCUT2D eigenvalue weighted by Gasteiger charge is 2.33. The second-order valence-corrected chi connectivity index (χ2v) is 6.40. The van der Waals surface area contributed by atoms with Crippen LogP contribution >= 0.6 is 0 Å². The topological polar surface area (TPSA) is 37.2 Å². The predicted octanol–water partition coefficient (Wildman–Crippen LogP) is 1.94. The van der Waals surface area contributed by atoms with Crippen molar-refractivity contribution in [1.29, 1.82) is 0 Å². The maximum Gasteiger partial charge on any atom is 0.0520 e. The second-order valence-electron chi connectivity index (χ2n) is 6.40. The maximum atomic E-state index is 4.30. The van der Waals surface area contributed by atoms with Crippen molar-refractivity contribution in [3.05, 3.63) is 48.0 Å². The summed E-state index contributed by atoms with van der Waals surface area (Å²) in [7, 11) is 6.43. The van der Waals surface area contributed by atoms with E-state index in [9.17, 15) is 0 Å². The summed E-state index contributed by atoms with van der Waals surface area (Å²) in [5.74, 6) is 0.646. The number of likely N-dealkylation sites (tertiary alicyclic amines) is 1. The van der Waals surface area contributed by atoms with Gasteiger partial charge in [-0.1, -0.05) is 6.07 Å². The zero-order valence-electron chi connectivity index (χ0n) is 13.7. The molecular weight excluding hydrogens is 274 g/mol. The van der Waals surface area contributed by atoms with Crippen LogP contribution in [-0.4, -0.2) is 51.7 Å². The summed E-state index contributed by atoms with van der Waals surface area (Å²) < 4.78 is 1.95. The lowest BCUT2D eigenvalue weighted by Gasteiger charge is -2.28. The Morgan fingerprint density at radius 2 is 2.14 bits per heavy atom. The van der Waals surface area contributed by atoms with Crippen LogP contribution in [0.3, 0.4) is 0 Å². The van der Waals surface area contributed by atoms with Crippen LogP contribution in [-0.2, 0) is 13.6 Å². The molecule has 0 aromatic carbocycles. The molecule has 1 fully saturated rings. The average Bonchev–Trinajstić information content (AvgIpc) is 3.07. The third-order valence-electron chi connectivity index (χ3n) is 4.70. The highest BCUT2D eigenvalue weighted by Crippen LogP contribution is 2.36. The number of rotatable bonds is 5. The van der Waals surface area contributed by atoms with E-state index in [1.54, 1.807) is 0 Å². The highest BCUT2D eigenvalue weighted by molar-refractivity contribution is 5.17. The predicted molar refractivity (Wildman–Crippen MR) is 87.3 cm³/mol. The summed E-state index contributed by atoms with van der Waals surface area (Å²) in [5.41, 5.74) is 2.59. The second kappa shape index (κ2) is 6.58. The van der Waals surface area contributed by atoms with Crippen LogP contribution in [0, 0.1) is 5.92 Å². The minimum Gasteiger partial charge on any atom is -0.300 e. The Bertz CT molecular complexity index is 594. The number of pyridine rings is 1. The van der Waals surface area contributed by atoms with E-state index in [1.807, 2.05) is 36.4 Å². The Hall–Kier alpha value is -1.72. The normalized spacial score (nSPS) is 22.5. The van der Waals surface area contributed by atoms with Crippen LogP contribution in [0.25, 0.3) is 0 Å². The first-order valence-corrected chi connectivity index (χ1v) is 7.90. The first-order valence-electron chi connectivity index (χ1n) is 7.90. The van der Waals surface area contributed by atoms with Crippen LogP contribution in [0.5, 0.6) is 0 Å². The number of hydrogen-bond donors (Lipinski definition) is 0. The molecular formula is C17H25N5. The lowest BCUT2D eigenvalue weighted by atomic mass is 9.94. The van der Waals surface area contributed by atoms with E-state index in [0.717, 1.165) is 19.6 Å². The number of aryl methyl sites for hydroxylation is 1. The van der Waals surface area contributed by atoms with Gasteiger partial charge in [-0.15, -0.1) is 0 Å². The fraction of sp³-hybridized carbons (Fsp3) is 0.529. The van der Waals surface area contributed by atoms with Crippen LogP contribution in [0.1, 0.15) is 23.7 Å². The van der Waals surface area contributed by atoms with Crippen molar-refractivity contribution < 1.29 is 0 Å². The molecule has 0 bridgehead atoms. The molecule has 0 unspecified atom stereocenters. The summed E-state index contributed by atoms with van der Waals surface area (Å²) >= 11 is 0. The molecule has 5 nitrogen and oxygen atoms in total.